The minimum Gasteiger partial charge on any atom is -0.333 e. The molecular formula is C18H22N4O3S. The zero-order chi connectivity index (χ0) is 18.4. The van der Waals surface area contributed by atoms with Crippen LogP contribution in [-0.2, 0) is 14.8 Å². The molecule has 1 atom stereocenters. The molecule has 1 saturated heterocycles. The third kappa shape index (κ3) is 4.46. The fourth-order valence-electron chi connectivity index (χ4n) is 2.99. The summed E-state index contributed by atoms with van der Waals surface area (Å²) in [4.78, 5) is 18.8. The van der Waals surface area contributed by atoms with Gasteiger partial charge in [-0.3, -0.25) is 9.78 Å². The maximum atomic E-state index is 12.6. The van der Waals surface area contributed by atoms with Gasteiger partial charge in [0.15, 0.2) is 0 Å². The van der Waals surface area contributed by atoms with Crippen LogP contribution in [0.25, 0.3) is 0 Å². The summed E-state index contributed by atoms with van der Waals surface area (Å²) in [5.74, 6) is -0.0730. The van der Waals surface area contributed by atoms with Crippen molar-refractivity contribution in [1.82, 2.24) is 19.9 Å². The number of carbonyl (C=O) groups is 1. The highest BCUT2D eigenvalue weighted by Crippen LogP contribution is 2.22. The van der Waals surface area contributed by atoms with Crippen LogP contribution in [0.2, 0.25) is 0 Å². The Morgan fingerprint density at radius 3 is 2.77 bits per heavy atom. The van der Waals surface area contributed by atoms with E-state index in [-0.39, 0.29) is 29.8 Å². The number of benzene rings is 1. The molecule has 1 fully saturated rings. The molecule has 2 N–H and O–H groups in total. The van der Waals surface area contributed by atoms with Crippen LogP contribution < -0.4 is 10.0 Å². The van der Waals surface area contributed by atoms with Gasteiger partial charge in [0.05, 0.1) is 10.9 Å². The number of sulfonamides is 1. The number of carbonyl (C=O) groups excluding carboxylic acids is 1. The second-order valence-corrected chi connectivity index (χ2v) is 7.82. The fraction of sp³-hybridized carbons (Fsp3) is 0.333. The second-order valence-electron chi connectivity index (χ2n) is 6.05. The van der Waals surface area contributed by atoms with Gasteiger partial charge >= 0.3 is 0 Å². The molecule has 0 bridgehead atoms. The van der Waals surface area contributed by atoms with Gasteiger partial charge in [-0.1, -0.05) is 24.3 Å². The van der Waals surface area contributed by atoms with E-state index in [1.54, 1.807) is 35.5 Å². The second kappa shape index (κ2) is 8.39. The van der Waals surface area contributed by atoms with E-state index in [2.05, 4.69) is 15.0 Å². The lowest BCUT2D eigenvalue weighted by molar-refractivity contribution is -0.134. The summed E-state index contributed by atoms with van der Waals surface area (Å²) in [5.41, 5.74) is 0.970. The van der Waals surface area contributed by atoms with Gasteiger partial charge in [-0.15, -0.1) is 0 Å². The molecule has 26 heavy (non-hydrogen) atoms. The molecule has 1 unspecified atom stereocenters. The van der Waals surface area contributed by atoms with E-state index in [0.29, 0.717) is 13.1 Å². The van der Waals surface area contributed by atoms with Crippen molar-refractivity contribution >= 4 is 15.9 Å². The molecule has 0 aliphatic carbocycles. The third-order valence-corrected chi connectivity index (χ3v) is 5.79. The van der Waals surface area contributed by atoms with Crippen LogP contribution in [0.4, 0.5) is 0 Å². The average Bonchev–Trinajstić information content (AvgIpc) is 2.69. The lowest BCUT2D eigenvalue weighted by Crippen LogP contribution is -2.49. The minimum atomic E-state index is -3.60. The highest BCUT2D eigenvalue weighted by molar-refractivity contribution is 7.89. The topological polar surface area (TPSA) is 91.4 Å². The summed E-state index contributed by atoms with van der Waals surface area (Å²) < 4.78 is 26.9. The first kappa shape index (κ1) is 18.5. The number of nitrogens with one attached hydrogen (secondary N) is 2. The average molecular weight is 374 g/mol. The molecule has 1 amide bonds. The number of amides is 1. The molecule has 1 aromatic carbocycles. The molecule has 2 aromatic rings. The zero-order valence-corrected chi connectivity index (χ0v) is 15.2. The number of hydrogen-bond acceptors (Lipinski definition) is 5. The highest BCUT2D eigenvalue weighted by atomic mass is 32.2. The summed E-state index contributed by atoms with van der Waals surface area (Å²) in [6.07, 6.45) is 3.57. The Balaban J connectivity index is 1.60. The first-order valence-electron chi connectivity index (χ1n) is 8.53. The minimum absolute atomic E-state index is 0.0692. The molecule has 8 heteroatoms. The van der Waals surface area contributed by atoms with Crippen molar-refractivity contribution in [2.24, 2.45) is 0 Å². The first-order chi connectivity index (χ1) is 12.6. The Bertz CT molecular complexity index is 828. The normalized spacial score (nSPS) is 17.8. The smallest absolute Gasteiger partial charge is 0.240 e. The van der Waals surface area contributed by atoms with E-state index in [9.17, 15) is 13.2 Å². The van der Waals surface area contributed by atoms with Crippen molar-refractivity contribution in [2.45, 2.75) is 17.4 Å². The van der Waals surface area contributed by atoms with Crippen molar-refractivity contribution in [3.05, 3.63) is 60.4 Å². The Labute approximate surface area is 153 Å². The SMILES string of the molecule is O=C(CCNS(=O)(=O)c1ccccc1)N1CCNCC1c1cccnc1. The predicted octanol–water partition coefficient (Wildman–Crippen LogP) is 0.923. The molecule has 0 spiro atoms. The van der Waals surface area contributed by atoms with Gasteiger partial charge in [0.1, 0.15) is 0 Å². The lowest BCUT2D eigenvalue weighted by atomic mass is 10.0. The quantitative estimate of drug-likeness (QED) is 0.785. The van der Waals surface area contributed by atoms with Crippen LogP contribution >= 0.6 is 0 Å². The zero-order valence-electron chi connectivity index (χ0n) is 14.3. The van der Waals surface area contributed by atoms with E-state index in [0.717, 1.165) is 12.1 Å². The molecule has 1 aromatic heterocycles. The molecule has 1 aliphatic rings. The van der Waals surface area contributed by atoms with E-state index >= 15 is 0 Å². The van der Waals surface area contributed by atoms with E-state index < -0.39 is 10.0 Å². The number of rotatable bonds is 6. The third-order valence-electron chi connectivity index (χ3n) is 4.32. The van der Waals surface area contributed by atoms with Gasteiger partial charge in [-0.25, -0.2) is 13.1 Å². The van der Waals surface area contributed by atoms with Crippen molar-refractivity contribution in [1.29, 1.82) is 0 Å². The molecule has 0 saturated carbocycles. The van der Waals surface area contributed by atoms with Gasteiger partial charge in [0.2, 0.25) is 15.9 Å². The number of piperazine rings is 1. The molecule has 0 radical (unpaired) electrons. The van der Waals surface area contributed by atoms with Crippen LogP contribution in [0.5, 0.6) is 0 Å². The van der Waals surface area contributed by atoms with Crippen molar-refractivity contribution in [2.75, 3.05) is 26.2 Å². The molecule has 2 heterocycles. The Morgan fingerprint density at radius 2 is 2.04 bits per heavy atom. The van der Waals surface area contributed by atoms with Gasteiger partial charge in [0, 0.05) is 45.0 Å². The predicted molar refractivity (Wildman–Crippen MR) is 97.8 cm³/mol. The van der Waals surface area contributed by atoms with E-state index in [4.69, 9.17) is 0 Å². The molecule has 138 valence electrons. The Hall–Kier alpha value is -2.29. The van der Waals surface area contributed by atoms with Crippen LogP contribution in [0.15, 0.2) is 59.8 Å². The Kier molecular flexibility index (Phi) is 5.97. The summed E-state index contributed by atoms with van der Waals surface area (Å²) in [5, 5.41) is 3.29. The standard InChI is InChI=1S/C18H22N4O3S/c23-18(8-10-21-26(24,25)16-6-2-1-3-7-16)22-12-11-20-14-17(22)15-5-4-9-19-13-15/h1-7,9,13,17,20-21H,8,10-12,14H2. The number of aromatic nitrogens is 1. The van der Waals surface area contributed by atoms with E-state index in [1.807, 2.05) is 12.1 Å². The van der Waals surface area contributed by atoms with Crippen molar-refractivity contribution in [3.63, 3.8) is 0 Å². The summed E-state index contributed by atoms with van der Waals surface area (Å²) in [6, 6.07) is 11.8. The van der Waals surface area contributed by atoms with Gasteiger partial charge < -0.3 is 10.2 Å². The van der Waals surface area contributed by atoms with Crippen LogP contribution in [0.1, 0.15) is 18.0 Å². The molecule has 3 rings (SSSR count). The largest absolute Gasteiger partial charge is 0.333 e. The maximum Gasteiger partial charge on any atom is 0.240 e. The lowest BCUT2D eigenvalue weighted by Gasteiger charge is -2.36. The summed E-state index contributed by atoms with van der Waals surface area (Å²) in [7, 11) is -3.60. The maximum absolute atomic E-state index is 12.6. The molecular weight excluding hydrogens is 352 g/mol. The summed E-state index contributed by atoms with van der Waals surface area (Å²) in [6.45, 7) is 2.04. The van der Waals surface area contributed by atoms with Crippen LogP contribution in [-0.4, -0.2) is 50.4 Å². The number of pyridine rings is 1. The van der Waals surface area contributed by atoms with E-state index in [1.165, 1.54) is 12.1 Å². The van der Waals surface area contributed by atoms with Crippen molar-refractivity contribution in [3.8, 4) is 0 Å². The Morgan fingerprint density at radius 1 is 1.23 bits per heavy atom. The van der Waals surface area contributed by atoms with Gasteiger partial charge in [-0.2, -0.15) is 0 Å². The van der Waals surface area contributed by atoms with Gasteiger partial charge in [0.25, 0.3) is 0 Å². The highest BCUT2D eigenvalue weighted by Gasteiger charge is 2.27. The number of nitrogens with zero attached hydrogens (tertiary/aromatic N) is 2. The number of hydrogen-bond donors (Lipinski definition) is 2. The first-order valence-corrected chi connectivity index (χ1v) is 10.0. The van der Waals surface area contributed by atoms with Crippen LogP contribution in [0, 0.1) is 0 Å². The summed E-state index contributed by atoms with van der Waals surface area (Å²) >= 11 is 0. The van der Waals surface area contributed by atoms with Gasteiger partial charge in [-0.05, 0) is 23.8 Å². The molecule has 7 nitrogen and oxygen atoms in total. The molecule has 1 aliphatic heterocycles. The van der Waals surface area contributed by atoms with Crippen LogP contribution in [0.3, 0.4) is 0 Å². The monoisotopic (exact) mass is 374 g/mol. The fourth-order valence-corrected chi connectivity index (χ4v) is 4.05. The van der Waals surface area contributed by atoms with Crippen molar-refractivity contribution < 1.29 is 13.2 Å².